The van der Waals surface area contributed by atoms with Crippen LogP contribution in [0.1, 0.15) is 38.2 Å². The molecule has 1 rings (SSSR count). The first kappa shape index (κ1) is 16.3. The molecule has 5 nitrogen and oxygen atoms in total. The molecule has 0 spiro atoms. The van der Waals surface area contributed by atoms with Gasteiger partial charge in [-0.3, -0.25) is 10.2 Å². The van der Waals surface area contributed by atoms with Gasteiger partial charge in [0.25, 0.3) is 0 Å². The van der Waals surface area contributed by atoms with Crippen molar-refractivity contribution in [2.75, 3.05) is 13.7 Å². The minimum Gasteiger partial charge on any atom is -0.493 e. The third-order valence-electron chi connectivity index (χ3n) is 3.10. The quantitative estimate of drug-likeness (QED) is 0.315. The fourth-order valence-electron chi connectivity index (χ4n) is 1.87. The number of carbonyl (C=O) groups is 1. The van der Waals surface area contributed by atoms with Crippen LogP contribution < -0.4 is 20.7 Å². The number of unbranched alkanes of at least 4 members (excludes halogenated alkanes) is 2. The maximum Gasteiger partial charge on any atom is 0.233 e. The lowest BCUT2D eigenvalue weighted by Gasteiger charge is -2.11. The van der Waals surface area contributed by atoms with E-state index < -0.39 is 0 Å². The third kappa shape index (κ3) is 5.48. The van der Waals surface area contributed by atoms with Crippen LogP contribution in [-0.2, 0) is 11.2 Å². The van der Waals surface area contributed by atoms with Crippen LogP contribution in [0.3, 0.4) is 0 Å². The SMILES string of the molecule is CCc1ccc(OCCCCCC(=O)NN)c(OC)c1. The van der Waals surface area contributed by atoms with Crippen molar-refractivity contribution in [3.63, 3.8) is 0 Å². The molecule has 0 aliphatic heterocycles. The lowest BCUT2D eigenvalue weighted by atomic mass is 10.1. The van der Waals surface area contributed by atoms with Gasteiger partial charge in [0, 0.05) is 6.42 Å². The van der Waals surface area contributed by atoms with Crippen molar-refractivity contribution in [2.45, 2.75) is 39.0 Å². The lowest BCUT2D eigenvalue weighted by Crippen LogP contribution is -2.29. The van der Waals surface area contributed by atoms with Crippen LogP contribution in [0.4, 0.5) is 0 Å². The number of methoxy groups -OCH3 is 1. The predicted octanol–water partition coefficient (Wildman–Crippen LogP) is 2.19. The molecule has 0 heterocycles. The normalized spacial score (nSPS) is 10.2. The summed E-state index contributed by atoms with van der Waals surface area (Å²) in [6.45, 7) is 2.72. The molecule has 112 valence electrons. The minimum atomic E-state index is -0.122. The average molecular weight is 280 g/mol. The van der Waals surface area contributed by atoms with E-state index in [9.17, 15) is 4.79 Å². The van der Waals surface area contributed by atoms with Crippen molar-refractivity contribution in [3.8, 4) is 11.5 Å². The number of benzene rings is 1. The van der Waals surface area contributed by atoms with Gasteiger partial charge in [0.05, 0.1) is 13.7 Å². The summed E-state index contributed by atoms with van der Waals surface area (Å²) in [7, 11) is 1.65. The van der Waals surface area contributed by atoms with Gasteiger partial charge in [-0.1, -0.05) is 13.0 Å². The molecule has 0 fully saturated rings. The number of hydrogen-bond acceptors (Lipinski definition) is 4. The van der Waals surface area contributed by atoms with Gasteiger partial charge in [-0.05, 0) is 43.4 Å². The Bertz CT molecular complexity index is 422. The standard InChI is InChI=1S/C15H24N2O3/c1-3-12-8-9-13(14(11-12)19-2)20-10-6-4-5-7-15(18)17-16/h8-9,11H,3-7,10,16H2,1-2H3,(H,17,18). The van der Waals surface area contributed by atoms with Crippen LogP contribution in [0, 0.1) is 0 Å². The van der Waals surface area contributed by atoms with Crippen LogP contribution in [0.5, 0.6) is 11.5 Å². The summed E-state index contributed by atoms with van der Waals surface area (Å²) in [6.07, 6.45) is 4.09. The van der Waals surface area contributed by atoms with E-state index in [1.165, 1.54) is 5.56 Å². The van der Waals surface area contributed by atoms with E-state index in [0.29, 0.717) is 13.0 Å². The number of nitrogens with two attached hydrogens (primary N) is 1. The Balaban J connectivity index is 2.29. The van der Waals surface area contributed by atoms with E-state index in [1.54, 1.807) is 7.11 Å². The van der Waals surface area contributed by atoms with Crippen LogP contribution in [-0.4, -0.2) is 19.6 Å². The second-order valence-corrected chi connectivity index (χ2v) is 4.57. The Hall–Kier alpha value is -1.75. The Labute approximate surface area is 120 Å². The van der Waals surface area contributed by atoms with Crippen LogP contribution in [0.15, 0.2) is 18.2 Å². The molecular weight excluding hydrogens is 256 g/mol. The summed E-state index contributed by atoms with van der Waals surface area (Å²) in [5.74, 6) is 6.42. The Morgan fingerprint density at radius 2 is 2.05 bits per heavy atom. The van der Waals surface area contributed by atoms with Gasteiger partial charge in [0.1, 0.15) is 0 Å². The summed E-state index contributed by atoms with van der Waals surface area (Å²) in [6, 6.07) is 5.99. The highest BCUT2D eigenvalue weighted by Crippen LogP contribution is 2.28. The summed E-state index contributed by atoms with van der Waals surface area (Å²) < 4.78 is 11.0. The fourth-order valence-corrected chi connectivity index (χ4v) is 1.87. The monoisotopic (exact) mass is 280 g/mol. The van der Waals surface area contributed by atoms with Crippen LogP contribution >= 0.6 is 0 Å². The number of carbonyl (C=O) groups excluding carboxylic acids is 1. The van der Waals surface area contributed by atoms with Gasteiger partial charge in [-0.15, -0.1) is 0 Å². The van der Waals surface area contributed by atoms with Gasteiger partial charge in [0.2, 0.25) is 5.91 Å². The summed E-state index contributed by atoms with van der Waals surface area (Å²) >= 11 is 0. The summed E-state index contributed by atoms with van der Waals surface area (Å²) in [4.78, 5) is 10.9. The molecule has 0 atom stereocenters. The molecule has 1 aromatic rings. The molecule has 1 amide bonds. The van der Waals surface area contributed by atoms with Crippen molar-refractivity contribution in [2.24, 2.45) is 5.84 Å². The highest BCUT2D eigenvalue weighted by Gasteiger charge is 2.05. The number of ether oxygens (including phenoxy) is 2. The van der Waals surface area contributed by atoms with Gasteiger partial charge in [0.15, 0.2) is 11.5 Å². The molecule has 3 N–H and O–H groups in total. The van der Waals surface area contributed by atoms with Crippen molar-refractivity contribution in [1.29, 1.82) is 0 Å². The lowest BCUT2D eigenvalue weighted by molar-refractivity contribution is -0.121. The van der Waals surface area contributed by atoms with E-state index in [2.05, 4.69) is 12.3 Å². The van der Waals surface area contributed by atoms with Crippen LogP contribution in [0.25, 0.3) is 0 Å². The topological polar surface area (TPSA) is 73.6 Å². The van der Waals surface area contributed by atoms with E-state index in [-0.39, 0.29) is 5.91 Å². The highest BCUT2D eigenvalue weighted by atomic mass is 16.5. The maximum atomic E-state index is 10.9. The molecule has 1 aromatic carbocycles. The number of hydrogen-bond donors (Lipinski definition) is 2. The number of aryl methyl sites for hydroxylation is 1. The molecule has 0 bridgehead atoms. The number of rotatable bonds is 9. The van der Waals surface area contributed by atoms with E-state index in [0.717, 1.165) is 37.2 Å². The van der Waals surface area contributed by atoms with E-state index >= 15 is 0 Å². The second kappa shape index (κ2) is 9.20. The van der Waals surface area contributed by atoms with E-state index in [4.69, 9.17) is 15.3 Å². The third-order valence-corrected chi connectivity index (χ3v) is 3.10. The van der Waals surface area contributed by atoms with Gasteiger partial charge >= 0.3 is 0 Å². The molecule has 20 heavy (non-hydrogen) atoms. The summed E-state index contributed by atoms with van der Waals surface area (Å²) in [5.41, 5.74) is 3.34. The zero-order chi connectivity index (χ0) is 14.8. The van der Waals surface area contributed by atoms with Crippen LogP contribution in [0.2, 0.25) is 0 Å². The Morgan fingerprint density at radius 1 is 1.25 bits per heavy atom. The van der Waals surface area contributed by atoms with Crippen molar-refractivity contribution in [3.05, 3.63) is 23.8 Å². The fraction of sp³-hybridized carbons (Fsp3) is 0.533. The average Bonchev–Trinajstić information content (AvgIpc) is 2.50. The first-order valence-corrected chi connectivity index (χ1v) is 7.00. The van der Waals surface area contributed by atoms with E-state index in [1.807, 2.05) is 18.2 Å². The predicted molar refractivity (Wildman–Crippen MR) is 78.7 cm³/mol. The van der Waals surface area contributed by atoms with Gasteiger partial charge in [-0.25, -0.2) is 5.84 Å². The first-order chi connectivity index (χ1) is 9.71. The number of amides is 1. The maximum absolute atomic E-state index is 10.9. The molecule has 0 aromatic heterocycles. The Morgan fingerprint density at radius 3 is 2.70 bits per heavy atom. The largest absolute Gasteiger partial charge is 0.493 e. The Kier molecular flexibility index (Phi) is 7.50. The van der Waals surface area contributed by atoms with Gasteiger partial charge < -0.3 is 9.47 Å². The first-order valence-electron chi connectivity index (χ1n) is 7.00. The van der Waals surface area contributed by atoms with Gasteiger partial charge in [-0.2, -0.15) is 0 Å². The molecule has 0 saturated carbocycles. The molecular formula is C15H24N2O3. The van der Waals surface area contributed by atoms with Crippen molar-refractivity contribution < 1.29 is 14.3 Å². The molecule has 0 aliphatic carbocycles. The number of hydrazine groups is 1. The molecule has 0 radical (unpaired) electrons. The zero-order valence-electron chi connectivity index (χ0n) is 12.3. The summed E-state index contributed by atoms with van der Waals surface area (Å²) in [5, 5.41) is 0. The molecule has 0 saturated heterocycles. The second-order valence-electron chi connectivity index (χ2n) is 4.57. The number of nitrogens with one attached hydrogen (secondary N) is 1. The molecule has 0 unspecified atom stereocenters. The van der Waals surface area contributed by atoms with Crippen molar-refractivity contribution >= 4 is 5.91 Å². The highest BCUT2D eigenvalue weighted by molar-refractivity contribution is 5.75. The van der Waals surface area contributed by atoms with Crippen molar-refractivity contribution in [1.82, 2.24) is 5.43 Å². The minimum absolute atomic E-state index is 0.122. The molecule has 5 heteroatoms. The smallest absolute Gasteiger partial charge is 0.233 e. The zero-order valence-corrected chi connectivity index (χ0v) is 12.3. The molecule has 0 aliphatic rings.